The fourth-order valence-corrected chi connectivity index (χ4v) is 2.84. The van der Waals surface area contributed by atoms with Crippen LogP contribution < -0.4 is 5.56 Å². The fourth-order valence-electron chi connectivity index (χ4n) is 2.84. The molecule has 6 nitrogen and oxygen atoms in total. The molecule has 144 valence electrons. The minimum atomic E-state index is -0.489. The predicted molar refractivity (Wildman–Crippen MR) is 105 cm³/mol. The molecular formula is C21H20FN3O3. The maximum absolute atomic E-state index is 13.2. The predicted octanol–water partition coefficient (Wildman–Crippen LogP) is 3.47. The maximum Gasteiger partial charge on any atom is 0.311 e. The van der Waals surface area contributed by atoms with Crippen LogP contribution in [-0.2, 0) is 16.0 Å². The first kappa shape index (κ1) is 19.3. The summed E-state index contributed by atoms with van der Waals surface area (Å²) in [6, 6.07) is 13.0. The number of hydrogen-bond donors (Lipinski definition) is 1. The van der Waals surface area contributed by atoms with Crippen molar-refractivity contribution in [1.29, 1.82) is 0 Å². The smallest absolute Gasteiger partial charge is 0.311 e. The number of carbonyl (C=O) groups excluding carboxylic acids is 1. The van der Waals surface area contributed by atoms with Crippen LogP contribution in [0.4, 0.5) is 10.1 Å². The van der Waals surface area contributed by atoms with Crippen LogP contribution in [0.5, 0.6) is 0 Å². The van der Waals surface area contributed by atoms with Gasteiger partial charge in [-0.15, -0.1) is 0 Å². The van der Waals surface area contributed by atoms with E-state index in [1.54, 1.807) is 6.92 Å². The Kier molecular flexibility index (Phi) is 5.54. The third-order valence-corrected chi connectivity index (χ3v) is 4.29. The average Bonchev–Trinajstić information content (AvgIpc) is 3.00. The van der Waals surface area contributed by atoms with Gasteiger partial charge in [-0.05, 0) is 50.2 Å². The van der Waals surface area contributed by atoms with Crippen molar-refractivity contribution in [3.05, 3.63) is 81.5 Å². The SMILES string of the molecule is COC(=O)Cc1[nH]n(-c2ccc(F)cc2)c(=O)c1C(C)=Nc1ccc(C)cc1. The third-order valence-electron chi connectivity index (χ3n) is 4.29. The van der Waals surface area contributed by atoms with Crippen LogP contribution in [0.1, 0.15) is 23.7 Å². The summed E-state index contributed by atoms with van der Waals surface area (Å²) in [7, 11) is 1.28. The number of halogens is 1. The molecule has 3 aromatic rings. The highest BCUT2D eigenvalue weighted by Crippen LogP contribution is 2.16. The molecule has 0 atom stereocenters. The highest BCUT2D eigenvalue weighted by molar-refractivity contribution is 6.01. The number of hydrogen-bond acceptors (Lipinski definition) is 4. The summed E-state index contributed by atoms with van der Waals surface area (Å²) in [6.07, 6.45) is -0.115. The number of aliphatic imine (C=N–C) groups is 1. The number of methoxy groups -OCH3 is 1. The number of aromatic nitrogens is 2. The number of carbonyl (C=O) groups is 1. The number of H-pyrrole nitrogens is 1. The second-order valence-corrected chi connectivity index (χ2v) is 6.37. The Morgan fingerprint density at radius 1 is 1.14 bits per heavy atom. The molecule has 0 aliphatic heterocycles. The number of nitrogens with zero attached hydrogens (tertiary/aromatic N) is 2. The molecular weight excluding hydrogens is 361 g/mol. The number of benzene rings is 2. The molecule has 0 saturated carbocycles. The second-order valence-electron chi connectivity index (χ2n) is 6.37. The van der Waals surface area contributed by atoms with Gasteiger partial charge in [0.1, 0.15) is 5.82 Å². The van der Waals surface area contributed by atoms with E-state index in [1.807, 2.05) is 31.2 Å². The normalized spacial score (nSPS) is 11.5. The first-order chi connectivity index (χ1) is 13.4. The summed E-state index contributed by atoms with van der Waals surface area (Å²) in [5.41, 5.74) is 3.00. The highest BCUT2D eigenvalue weighted by atomic mass is 19.1. The van der Waals surface area contributed by atoms with Crippen LogP contribution in [0.25, 0.3) is 5.69 Å². The van der Waals surface area contributed by atoms with Crippen molar-refractivity contribution in [3.8, 4) is 5.69 Å². The molecule has 0 unspecified atom stereocenters. The molecule has 0 aliphatic carbocycles. The minimum absolute atomic E-state index is 0.115. The molecule has 0 amide bonds. The Morgan fingerprint density at radius 2 is 1.79 bits per heavy atom. The molecule has 0 bridgehead atoms. The number of ether oxygens (including phenoxy) is 1. The second kappa shape index (κ2) is 8.04. The number of nitrogens with one attached hydrogen (secondary N) is 1. The molecule has 7 heteroatoms. The van der Waals surface area contributed by atoms with E-state index >= 15 is 0 Å². The topological polar surface area (TPSA) is 76.5 Å². The van der Waals surface area contributed by atoms with Crippen LogP contribution in [0, 0.1) is 12.7 Å². The van der Waals surface area contributed by atoms with Crippen molar-refractivity contribution < 1.29 is 13.9 Å². The van der Waals surface area contributed by atoms with Crippen molar-refractivity contribution >= 4 is 17.4 Å². The van der Waals surface area contributed by atoms with Gasteiger partial charge >= 0.3 is 5.97 Å². The standard InChI is InChI=1S/C21H20FN3O3/c1-13-4-8-16(9-5-13)23-14(2)20-18(12-19(26)28-3)24-25(21(20)27)17-10-6-15(22)7-11-17/h4-11,24H,12H2,1-3H3. The molecule has 1 aromatic heterocycles. The molecule has 0 aliphatic rings. The summed E-state index contributed by atoms with van der Waals surface area (Å²) in [6.45, 7) is 3.68. The summed E-state index contributed by atoms with van der Waals surface area (Å²) < 4.78 is 19.2. The van der Waals surface area contributed by atoms with Gasteiger partial charge in [-0.25, -0.2) is 9.07 Å². The first-order valence-electron chi connectivity index (χ1n) is 8.68. The van der Waals surface area contributed by atoms with Gasteiger partial charge in [-0.3, -0.25) is 19.7 Å². The number of aromatic amines is 1. The van der Waals surface area contributed by atoms with Crippen molar-refractivity contribution in [2.24, 2.45) is 4.99 Å². The lowest BCUT2D eigenvalue weighted by Gasteiger charge is -2.02. The highest BCUT2D eigenvalue weighted by Gasteiger charge is 2.20. The largest absolute Gasteiger partial charge is 0.469 e. The zero-order valence-corrected chi connectivity index (χ0v) is 15.8. The van der Waals surface area contributed by atoms with Gasteiger partial charge < -0.3 is 4.74 Å². The van der Waals surface area contributed by atoms with E-state index in [2.05, 4.69) is 10.1 Å². The Labute approximate surface area is 161 Å². The zero-order chi connectivity index (χ0) is 20.3. The van der Waals surface area contributed by atoms with Crippen LogP contribution in [0.15, 0.2) is 58.3 Å². The molecule has 0 fully saturated rings. The van der Waals surface area contributed by atoms with Gasteiger partial charge in [0.15, 0.2) is 0 Å². The van der Waals surface area contributed by atoms with E-state index < -0.39 is 11.8 Å². The van der Waals surface area contributed by atoms with Gasteiger partial charge in [0.05, 0.1) is 41.9 Å². The summed E-state index contributed by atoms with van der Waals surface area (Å²) in [4.78, 5) is 29.4. The number of esters is 1. The average molecular weight is 381 g/mol. The van der Waals surface area contributed by atoms with Gasteiger partial charge in [0.25, 0.3) is 5.56 Å². The van der Waals surface area contributed by atoms with E-state index in [1.165, 1.54) is 36.1 Å². The Balaban J connectivity index is 2.11. The Bertz CT molecular complexity index is 1080. The minimum Gasteiger partial charge on any atom is -0.469 e. The van der Waals surface area contributed by atoms with Crippen LogP contribution in [0.3, 0.4) is 0 Å². The molecule has 0 spiro atoms. The number of aryl methyl sites for hydroxylation is 1. The van der Waals surface area contributed by atoms with E-state index in [0.717, 1.165) is 5.56 Å². The van der Waals surface area contributed by atoms with Crippen molar-refractivity contribution in [3.63, 3.8) is 0 Å². The summed E-state index contributed by atoms with van der Waals surface area (Å²) >= 11 is 0. The molecule has 28 heavy (non-hydrogen) atoms. The zero-order valence-electron chi connectivity index (χ0n) is 15.8. The van der Waals surface area contributed by atoms with Crippen molar-refractivity contribution in [2.75, 3.05) is 7.11 Å². The lowest BCUT2D eigenvalue weighted by Crippen LogP contribution is -2.20. The molecule has 3 rings (SSSR count). The van der Waals surface area contributed by atoms with Gasteiger partial charge in [0, 0.05) is 0 Å². The fraction of sp³-hybridized carbons (Fsp3) is 0.190. The molecule has 0 radical (unpaired) electrons. The summed E-state index contributed by atoms with van der Waals surface area (Å²) in [5.74, 6) is -0.896. The molecule has 1 heterocycles. The van der Waals surface area contributed by atoms with E-state index in [0.29, 0.717) is 22.8 Å². The number of rotatable bonds is 5. The first-order valence-corrected chi connectivity index (χ1v) is 8.68. The van der Waals surface area contributed by atoms with Gasteiger partial charge in [0.2, 0.25) is 0 Å². The molecule has 1 N–H and O–H groups in total. The van der Waals surface area contributed by atoms with E-state index in [9.17, 15) is 14.0 Å². The molecule has 0 saturated heterocycles. The summed E-state index contributed by atoms with van der Waals surface area (Å²) in [5, 5.41) is 2.93. The Morgan fingerprint density at radius 3 is 2.39 bits per heavy atom. The van der Waals surface area contributed by atoms with Gasteiger partial charge in [-0.1, -0.05) is 17.7 Å². The van der Waals surface area contributed by atoms with Gasteiger partial charge in [-0.2, -0.15) is 0 Å². The quantitative estimate of drug-likeness (QED) is 0.543. The van der Waals surface area contributed by atoms with E-state index in [-0.39, 0.29) is 17.5 Å². The molecule has 2 aromatic carbocycles. The Hall–Kier alpha value is -3.48. The van der Waals surface area contributed by atoms with E-state index in [4.69, 9.17) is 4.74 Å². The monoisotopic (exact) mass is 381 g/mol. The van der Waals surface area contributed by atoms with Crippen LogP contribution >= 0.6 is 0 Å². The third kappa shape index (κ3) is 4.09. The van der Waals surface area contributed by atoms with Crippen LogP contribution in [0.2, 0.25) is 0 Å². The lowest BCUT2D eigenvalue weighted by atomic mass is 10.1. The van der Waals surface area contributed by atoms with Crippen molar-refractivity contribution in [1.82, 2.24) is 9.78 Å². The van der Waals surface area contributed by atoms with Crippen molar-refractivity contribution in [2.45, 2.75) is 20.3 Å². The lowest BCUT2D eigenvalue weighted by molar-refractivity contribution is -0.139. The maximum atomic E-state index is 13.2. The van der Waals surface area contributed by atoms with Crippen LogP contribution in [-0.4, -0.2) is 28.6 Å².